The number of hydrogen-bond acceptors (Lipinski definition) is 3. The van der Waals surface area contributed by atoms with Crippen molar-refractivity contribution in [3.8, 4) is 0 Å². The van der Waals surface area contributed by atoms with E-state index in [2.05, 4.69) is 40.9 Å². The predicted octanol–water partition coefficient (Wildman–Crippen LogP) is 6.76. The van der Waals surface area contributed by atoms with Gasteiger partial charge in [-0.2, -0.15) is 0 Å². The zero-order chi connectivity index (χ0) is 25.7. The van der Waals surface area contributed by atoms with Gasteiger partial charge < -0.3 is 15.3 Å². The molecule has 0 aromatic carbocycles. The van der Waals surface area contributed by atoms with E-state index >= 15 is 0 Å². The first-order valence-corrected chi connectivity index (χ1v) is 13.5. The lowest BCUT2D eigenvalue weighted by Crippen LogP contribution is -2.60. The minimum atomic E-state index is -0.802. The predicted molar refractivity (Wildman–Crippen MR) is 138 cm³/mol. The van der Waals surface area contributed by atoms with Crippen LogP contribution in [0.4, 0.5) is 0 Å². The summed E-state index contributed by atoms with van der Waals surface area (Å²) in [6.07, 6.45) is 8.06. The van der Waals surface area contributed by atoms with Crippen LogP contribution >= 0.6 is 0 Å². The van der Waals surface area contributed by atoms with E-state index in [1.54, 1.807) is 0 Å². The average Bonchev–Trinajstić information content (AvgIpc) is 3.10. The van der Waals surface area contributed by atoms with Crippen molar-refractivity contribution >= 4 is 5.97 Å². The molecule has 4 heteroatoms. The van der Waals surface area contributed by atoms with Crippen molar-refractivity contribution in [3.63, 3.8) is 0 Å². The first-order valence-electron chi connectivity index (χ1n) is 13.5. The third-order valence-electron chi connectivity index (χ3n) is 11.4. The summed E-state index contributed by atoms with van der Waals surface area (Å²) in [4.78, 5) is 11.6. The highest BCUT2D eigenvalue weighted by Gasteiger charge is 2.67. The molecular formula is C30H50O4. The molecule has 4 nitrogen and oxygen atoms in total. The third-order valence-corrected chi connectivity index (χ3v) is 11.4. The number of carbonyl (C=O) groups is 1. The lowest BCUT2D eigenvalue weighted by molar-refractivity contribution is -0.179. The van der Waals surface area contributed by atoms with Crippen LogP contribution in [-0.4, -0.2) is 33.0 Å². The third kappa shape index (κ3) is 4.43. The summed E-state index contributed by atoms with van der Waals surface area (Å²) >= 11 is 0. The molecule has 34 heavy (non-hydrogen) atoms. The van der Waals surface area contributed by atoms with E-state index in [1.807, 2.05) is 13.8 Å². The van der Waals surface area contributed by atoms with Gasteiger partial charge in [-0.1, -0.05) is 45.1 Å². The number of fused-ring (bicyclic) bond motifs is 3. The lowest BCUT2D eigenvalue weighted by atomic mass is 9.38. The lowest BCUT2D eigenvalue weighted by Gasteiger charge is -2.66. The van der Waals surface area contributed by atoms with Gasteiger partial charge in [-0.25, -0.2) is 0 Å². The van der Waals surface area contributed by atoms with Gasteiger partial charge in [-0.05, 0) is 118 Å². The fourth-order valence-corrected chi connectivity index (χ4v) is 9.25. The molecule has 3 rings (SSSR count). The van der Waals surface area contributed by atoms with E-state index in [9.17, 15) is 20.1 Å². The second kappa shape index (κ2) is 9.39. The number of aliphatic hydroxyl groups is 2. The van der Waals surface area contributed by atoms with E-state index in [0.717, 1.165) is 44.1 Å². The fourth-order valence-electron chi connectivity index (χ4n) is 9.25. The summed E-state index contributed by atoms with van der Waals surface area (Å²) in [6.45, 7) is 21.5. The highest BCUT2D eigenvalue weighted by Crippen LogP contribution is 2.74. The van der Waals surface area contributed by atoms with Crippen molar-refractivity contribution in [1.29, 1.82) is 0 Å². The maximum atomic E-state index is 11.6. The molecular weight excluding hydrogens is 424 g/mol. The molecule has 3 fully saturated rings. The SMILES string of the molecule is C=C(C)[C@@H](O)CC[C@](C)(O)[C@H]1CC[C@]2(C)[C@@H]1CC[C@H]1[C@@](C)(CCC(=O)O)[C@H](C(=C)C)CC[C@]12C. The molecule has 0 amide bonds. The zero-order valence-electron chi connectivity index (χ0n) is 22.6. The van der Waals surface area contributed by atoms with Gasteiger partial charge in [0.2, 0.25) is 0 Å². The molecule has 0 radical (unpaired) electrons. The first-order chi connectivity index (χ1) is 15.6. The van der Waals surface area contributed by atoms with Crippen molar-refractivity contribution in [2.45, 2.75) is 117 Å². The molecule has 194 valence electrons. The molecule has 0 heterocycles. The maximum Gasteiger partial charge on any atom is 0.303 e. The Balaban J connectivity index is 1.90. The molecule has 3 aliphatic rings. The molecule has 0 aromatic rings. The molecule has 0 unspecified atom stereocenters. The summed E-state index contributed by atoms with van der Waals surface area (Å²) in [5.74, 6) is 0.814. The Morgan fingerprint density at radius 2 is 1.68 bits per heavy atom. The quantitative estimate of drug-likeness (QED) is 0.323. The van der Waals surface area contributed by atoms with Crippen LogP contribution in [0.1, 0.15) is 106 Å². The van der Waals surface area contributed by atoms with Crippen LogP contribution in [0.15, 0.2) is 24.3 Å². The molecule has 3 aliphatic carbocycles. The molecule has 3 saturated carbocycles. The molecule has 0 aromatic heterocycles. The highest BCUT2D eigenvalue weighted by atomic mass is 16.4. The van der Waals surface area contributed by atoms with Gasteiger partial charge in [-0.15, -0.1) is 0 Å². The Hall–Kier alpha value is -1.13. The minimum Gasteiger partial charge on any atom is -0.481 e. The van der Waals surface area contributed by atoms with Crippen LogP contribution in [-0.2, 0) is 4.79 Å². The Bertz CT molecular complexity index is 815. The standard InChI is InChI=1S/C30H50O4/c1-19(2)21-11-17-29(7)25(27(21,5)15-14-26(32)33)10-9-22-23(12-16-28(22,29)6)30(8,34)18-13-24(31)20(3)4/h21-25,31,34H,1,3,9-18H2,2,4-8H3,(H,32,33)/t21-,22+,23-,24-,25-,27-,28+,29+,30-/m0/s1. The maximum absolute atomic E-state index is 11.6. The summed E-state index contributed by atoms with van der Waals surface area (Å²) in [7, 11) is 0. The number of carboxylic acids is 1. The second-order valence-corrected chi connectivity index (χ2v) is 13.3. The number of aliphatic hydroxyl groups excluding tert-OH is 1. The topological polar surface area (TPSA) is 77.8 Å². The summed E-state index contributed by atoms with van der Waals surface area (Å²) in [6, 6.07) is 0. The molecule has 0 bridgehead atoms. The van der Waals surface area contributed by atoms with Crippen LogP contribution in [0.2, 0.25) is 0 Å². The zero-order valence-corrected chi connectivity index (χ0v) is 22.6. The molecule has 3 N–H and O–H groups in total. The number of allylic oxidation sites excluding steroid dienone is 1. The summed E-state index contributed by atoms with van der Waals surface area (Å²) in [5.41, 5.74) is 1.35. The van der Waals surface area contributed by atoms with Crippen LogP contribution in [0.5, 0.6) is 0 Å². The second-order valence-electron chi connectivity index (χ2n) is 13.3. The normalized spacial score (nSPS) is 42.2. The Morgan fingerprint density at radius 3 is 2.24 bits per heavy atom. The number of rotatable bonds is 9. The monoisotopic (exact) mass is 474 g/mol. The van der Waals surface area contributed by atoms with Crippen molar-refractivity contribution in [2.24, 2.45) is 39.9 Å². The fraction of sp³-hybridized carbons (Fsp3) is 0.833. The molecule has 0 saturated heterocycles. The van der Waals surface area contributed by atoms with Gasteiger partial charge >= 0.3 is 5.97 Å². The van der Waals surface area contributed by atoms with Crippen LogP contribution in [0.25, 0.3) is 0 Å². The number of hydrogen-bond donors (Lipinski definition) is 3. The van der Waals surface area contributed by atoms with E-state index in [-0.39, 0.29) is 28.6 Å². The van der Waals surface area contributed by atoms with Crippen LogP contribution in [0, 0.1) is 39.9 Å². The smallest absolute Gasteiger partial charge is 0.303 e. The molecule has 0 spiro atoms. The summed E-state index contributed by atoms with van der Waals surface area (Å²) < 4.78 is 0. The number of aliphatic carboxylic acids is 1. The first kappa shape index (κ1) is 27.5. The van der Waals surface area contributed by atoms with Crippen molar-refractivity contribution in [2.75, 3.05) is 0 Å². The Labute approximate surface area is 207 Å². The van der Waals surface area contributed by atoms with Crippen molar-refractivity contribution in [3.05, 3.63) is 24.3 Å². The van der Waals surface area contributed by atoms with Gasteiger partial charge in [0.05, 0.1) is 11.7 Å². The van der Waals surface area contributed by atoms with Crippen LogP contribution in [0.3, 0.4) is 0 Å². The van der Waals surface area contributed by atoms with Gasteiger partial charge in [0.15, 0.2) is 0 Å². The van der Waals surface area contributed by atoms with Crippen molar-refractivity contribution < 1.29 is 20.1 Å². The largest absolute Gasteiger partial charge is 0.481 e. The molecule has 0 aliphatic heterocycles. The van der Waals surface area contributed by atoms with Crippen LogP contribution < -0.4 is 0 Å². The van der Waals surface area contributed by atoms with E-state index in [0.29, 0.717) is 37.0 Å². The average molecular weight is 475 g/mol. The minimum absolute atomic E-state index is 0.0581. The van der Waals surface area contributed by atoms with Gasteiger partial charge in [-0.3, -0.25) is 4.79 Å². The van der Waals surface area contributed by atoms with E-state index in [4.69, 9.17) is 0 Å². The summed E-state index contributed by atoms with van der Waals surface area (Å²) in [5, 5.41) is 31.4. The highest BCUT2D eigenvalue weighted by molar-refractivity contribution is 5.66. The van der Waals surface area contributed by atoms with Gasteiger partial charge in [0, 0.05) is 6.42 Å². The Kier molecular flexibility index (Phi) is 7.58. The van der Waals surface area contributed by atoms with Gasteiger partial charge in [0.1, 0.15) is 0 Å². The van der Waals surface area contributed by atoms with Crippen molar-refractivity contribution in [1.82, 2.24) is 0 Å². The molecule has 9 atom stereocenters. The Morgan fingerprint density at radius 1 is 1.06 bits per heavy atom. The van der Waals surface area contributed by atoms with Gasteiger partial charge in [0.25, 0.3) is 0 Å². The van der Waals surface area contributed by atoms with E-state index in [1.165, 1.54) is 5.57 Å². The number of carboxylic acid groups (broad SMARTS) is 1. The van der Waals surface area contributed by atoms with E-state index < -0.39 is 17.7 Å².